The Labute approximate surface area is 151 Å². The fourth-order valence-corrected chi connectivity index (χ4v) is 4.90. The Balaban J connectivity index is 1.60. The second-order valence-electron chi connectivity index (χ2n) is 6.33. The van der Waals surface area contributed by atoms with Crippen LogP contribution in [0.25, 0.3) is 0 Å². The summed E-state index contributed by atoms with van der Waals surface area (Å²) in [6, 6.07) is 4.62. The quantitative estimate of drug-likeness (QED) is 0.808. The van der Waals surface area contributed by atoms with Crippen molar-refractivity contribution >= 4 is 21.6 Å². The first kappa shape index (κ1) is 16.8. The van der Waals surface area contributed by atoms with Gasteiger partial charge in [-0.3, -0.25) is 0 Å². The molecule has 0 unspecified atom stereocenters. The Morgan fingerprint density at radius 3 is 2.76 bits per heavy atom. The maximum atomic E-state index is 13.1. The maximum Gasteiger partial charge on any atom is 0.246 e. The molecule has 9 heteroatoms. The fraction of sp³-hybridized carbons (Fsp3) is 0.500. The zero-order chi connectivity index (χ0) is 17.6. The largest absolute Gasteiger partial charge is 0.495 e. The van der Waals surface area contributed by atoms with Gasteiger partial charge < -0.3 is 4.74 Å². The van der Waals surface area contributed by atoms with Crippen LogP contribution in [0.3, 0.4) is 0 Å². The van der Waals surface area contributed by atoms with Gasteiger partial charge in [-0.15, -0.1) is 0 Å². The van der Waals surface area contributed by atoms with Crippen LogP contribution in [-0.2, 0) is 23.0 Å². The van der Waals surface area contributed by atoms with Crippen molar-refractivity contribution in [2.24, 2.45) is 0 Å². The average Bonchev–Trinajstić information content (AvgIpc) is 3.39. The van der Waals surface area contributed by atoms with Crippen molar-refractivity contribution in [2.75, 3.05) is 20.2 Å². The number of hydrogen-bond acceptors (Lipinski definition) is 5. The zero-order valence-electron chi connectivity index (χ0n) is 13.9. The van der Waals surface area contributed by atoms with Gasteiger partial charge in [-0.2, -0.15) is 9.40 Å². The number of halogens is 1. The molecule has 1 aliphatic carbocycles. The van der Waals surface area contributed by atoms with Crippen LogP contribution in [0.4, 0.5) is 0 Å². The smallest absolute Gasteiger partial charge is 0.246 e. The van der Waals surface area contributed by atoms with E-state index in [1.54, 1.807) is 12.1 Å². The Kier molecular flexibility index (Phi) is 4.21. The predicted octanol–water partition coefficient (Wildman–Crippen LogP) is 2.06. The number of benzene rings is 1. The van der Waals surface area contributed by atoms with E-state index in [4.69, 9.17) is 16.3 Å². The number of sulfonamides is 1. The highest BCUT2D eigenvalue weighted by Gasteiger charge is 2.33. The number of nitrogens with zero attached hydrogens (tertiary/aromatic N) is 4. The average molecular weight is 383 g/mol. The number of hydrogen-bond donors (Lipinski definition) is 0. The summed E-state index contributed by atoms with van der Waals surface area (Å²) in [7, 11) is -2.26. The van der Waals surface area contributed by atoms with Gasteiger partial charge in [0.15, 0.2) is 5.82 Å². The van der Waals surface area contributed by atoms with Crippen LogP contribution in [0.15, 0.2) is 23.1 Å². The van der Waals surface area contributed by atoms with E-state index < -0.39 is 10.0 Å². The number of fused-ring (bicyclic) bond motifs is 1. The van der Waals surface area contributed by atoms with E-state index >= 15 is 0 Å². The molecule has 0 bridgehead atoms. The van der Waals surface area contributed by atoms with Gasteiger partial charge in [-0.25, -0.2) is 18.1 Å². The highest BCUT2D eigenvalue weighted by Crippen LogP contribution is 2.38. The molecule has 1 aromatic carbocycles. The summed E-state index contributed by atoms with van der Waals surface area (Å²) in [4.78, 5) is 4.69. The van der Waals surface area contributed by atoms with E-state index in [0.717, 1.165) is 24.5 Å². The van der Waals surface area contributed by atoms with Crippen LogP contribution >= 0.6 is 11.6 Å². The van der Waals surface area contributed by atoms with E-state index in [1.165, 1.54) is 17.5 Å². The van der Waals surface area contributed by atoms with Crippen molar-refractivity contribution in [3.05, 3.63) is 34.9 Å². The molecule has 4 rings (SSSR count). The van der Waals surface area contributed by atoms with E-state index in [1.807, 2.05) is 4.68 Å². The minimum absolute atomic E-state index is 0.0914. The maximum absolute atomic E-state index is 13.1. The van der Waals surface area contributed by atoms with Gasteiger partial charge in [0, 0.05) is 30.5 Å². The van der Waals surface area contributed by atoms with Crippen molar-refractivity contribution in [3.63, 3.8) is 0 Å². The van der Waals surface area contributed by atoms with Gasteiger partial charge in [0.1, 0.15) is 16.5 Å². The number of ether oxygens (including phenoxy) is 1. The van der Waals surface area contributed by atoms with Gasteiger partial charge in [0.05, 0.1) is 13.7 Å². The normalized spacial score (nSPS) is 18.6. The molecule has 0 N–H and O–H groups in total. The molecule has 0 radical (unpaired) electrons. The Bertz CT molecular complexity index is 883. The summed E-state index contributed by atoms with van der Waals surface area (Å²) in [6.07, 6.45) is 2.85. The third kappa shape index (κ3) is 3.14. The molecule has 1 fully saturated rings. The van der Waals surface area contributed by atoms with Gasteiger partial charge in [0.25, 0.3) is 0 Å². The van der Waals surface area contributed by atoms with Crippen LogP contribution in [0.5, 0.6) is 5.75 Å². The topological polar surface area (TPSA) is 77.3 Å². The van der Waals surface area contributed by atoms with Crippen LogP contribution in [0, 0.1) is 0 Å². The van der Waals surface area contributed by atoms with Gasteiger partial charge in [-0.05, 0) is 31.0 Å². The molecule has 25 heavy (non-hydrogen) atoms. The second kappa shape index (κ2) is 6.26. The first-order valence-electron chi connectivity index (χ1n) is 8.26. The molecule has 1 aliphatic heterocycles. The lowest BCUT2D eigenvalue weighted by molar-refractivity contribution is 0.387. The highest BCUT2D eigenvalue weighted by molar-refractivity contribution is 7.89. The molecular formula is C16H19ClN4O3S. The first-order chi connectivity index (χ1) is 12.0. The molecule has 0 atom stereocenters. The van der Waals surface area contributed by atoms with Gasteiger partial charge in [-0.1, -0.05) is 11.6 Å². The molecule has 2 aliphatic rings. The highest BCUT2D eigenvalue weighted by atomic mass is 35.5. The van der Waals surface area contributed by atoms with Crippen molar-refractivity contribution in [3.8, 4) is 5.75 Å². The Morgan fingerprint density at radius 2 is 2.04 bits per heavy atom. The van der Waals surface area contributed by atoms with E-state index in [2.05, 4.69) is 10.1 Å². The molecule has 0 amide bonds. The van der Waals surface area contributed by atoms with Crippen LogP contribution < -0.4 is 4.74 Å². The predicted molar refractivity (Wildman–Crippen MR) is 92.5 cm³/mol. The Morgan fingerprint density at radius 1 is 1.24 bits per heavy atom. The van der Waals surface area contributed by atoms with Crippen LogP contribution in [0.1, 0.15) is 30.4 Å². The third-order valence-corrected chi connectivity index (χ3v) is 6.75. The number of aromatic nitrogens is 3. The summed E-state index contributed by atoms with van der Waals surface area (Å²) in [5, 5.41) is 4.91. The minimum Gasteiger partial charge on any atom is -0.495 e. The molecule has 1 saturated carbocycles. The van der Waals surface area contributed by atoms with Crippen molar-refractivity contribution in [1.82, 2.24) is 19.1 Å². The van der Waals surface area contributed by atoms with Crippen molar-refractivity contribution in [1.29, 1.82) is 0 Å². The standard InChI is InChI=1S/C16H19ClN4O3S/c1-24-13-5-4-12(17)10-14(13)25(22,23)20-7-6-15-18-16(11-2-3-11)19-21(15)9-8-20/h4-5,10-11H,2-3,6-9H2,1H3. The number of rotatable bonds is 4. The Hall–Kier alpha value is -1.64. The summed E-state index contributed by atoms with van der Waals surface area (Å²) < 4.78 is 34.6. The second-order valence-corrected chi connectivity index (χ2v) is 8.68. The first-order valence-corrected chi connectivity index (χ1v) is 10.1. The van der Waals surface area contributed by atoms with E-state index in [9.17, 15) is 8.42 Å². The minimum atomic E-state index is -3.71. The molecule has 1 aromatic heterocycles. The lowest BCUT2D eigenvalue weighted by Gasteiger charge is -2.21. The summed E-state index contributed by atoms with van der Waals surface area (Å²) >= 11 is 6.00. The summed E-state index contributed by atoms with van der Waals surface area (Å²) in [5.74, 6) is 2.55. The van der Waals surface area contributed by atoms with Crippen LogP contribution in [-0.4, -0.2) is 47.7 Å². The van der Waals surface area contributed by atoms with Gasteiger partial charge >= 0.3 is 0 Å². The van der Waals surface area contributed by atoms with Crippen molar-refractivity contribution in [2.45, 2.75) is 36.6 Å². The number of methoxy groups -OCH3 is 1. The lowest BCUT2D eigenvalue weighted by atomic mass is 10.3. The molecule has 2 aromatic rings. The van der Waals surface area contributed by atoms with Crippen molar-refractivity contribution < 1.29 is 13.2 Å². The third-order valence-electron chi connectivity index (χ3n) is 4.60. The molecule has 2 heterocycles. The molecule has 0 spiro atoms. The summed E-state index contributed by atoms with van der Waals surface area (Å²) in [5.41, 5.74) is 0. The van der Waals surface area contributed by atoms with Gasteiger partial charge in [0.2, 0.25) is 10.0 Å². The SMILES string of the molecule is COc1ccc(Cl)cc1S(=O)(=O)N1CCc2nc(C3CC3)nn2CC1. The monoisotopic (exact) mass is 382 g/mol. The molecular weight excluding hydrogens is 364 g/mol. The molecule has 7 nitrogen and oxygen atoms in total. The molecule has 134 valence electrons. The fourth-order valence-electron chi connectivity index (χ4n) is 3.05. The van der Waals surface area contributed by atoms with E-state index in [0.29, 0.717) is 42.7 Å². The molecule has 0 saturated heterocycles. The zero-order valence-corrected chi connectivity index (χ0v) is 15.4. The lowest BCUT2D eigenvalue weighted by Crippen LogP contribution is -2.34. The van der Waals surface area contributed by atoms with Crippen LogP contribution in [0.2, 0.25) is 5.02 Å². The summed E-state index contributed by atoms with van der Waals surface area (Å²) in [6.45, 7) is 1.20. The van der Waals surface area contributed by atoms with E-state index in [-0.39, 0.29) is 4.90 Å².